The lowest BCUT2D eigenvalue weighted by molar-refractivity contribution is -0.135. The van der Waals surface area contributed by atoms with Gasteiger partial charge in [-0.3, -0.25) is 9.59 Å². The smallest absolute Gasteiger partial charge is 0.250 e. The van der Waals surface area contributed by atoms with Crippen LogP contribution in [0.3, 0.4) is 0 Å². The van der Waals surface area contributed by atoms with E-state index in [1.54, 1.807) is 0 Å². The monoisotopic (exact) mass is 353 g/mol. The third kappa shape index (κ3) is 5.08. The summed E-state index contributed by atoms with van der Waals surface area (Å²) in [6, 6.07) is 1.58. The number of ether oxygens (including phenoxy) is 1. The molecule has 3 N–H and O–H groups in total. The summed E-state index contributed by atoms with van der Waals surface area (Å²) in [6.45, 7) is 0.895. The van der Waals surface area contributed by atoms with Gasteiger partial charge in [0.2, 0.25) is 5.91 Å². The Hall–Kier alpha value is -1.84. The maximum atomic E-state index is 13.4. The second-order valence-electron chi connectivity index (χ2n) is 4.55. The molecule has 1 aliphatic rings. The average Bonchev–Trinajstić information content (AvgIpc) is 2.54. The van der Waals surface area contributed by atoms with Crippen LogP contribution in [-0.2, 0) is 14.3 Å². The molecule has 0 spiro atoms. The van der Waals surface area contributed by atoms with E-state index in [0.717, 1.165) is 6.07 Å². The molecule has 0 aliphatic carbocycles. The molecule has 2 amide bonds. The number of halogens is 4. The Balaban J connectivity index is 0.00000264. The zero-order chi connectivity index (χ0) is 16.1. The summed E-state index contributed by atoms with van der Waals surface area (Å²) in [5.41, 5.74) is -0.506. The van der Waals surface area contributed by atoms with Crippen molar-refractivity contribution in [3.63, 3.8) is 0 Å². The molecule has 1 heterocycles. The van der Waals surface area contributed by atoms with Crippen molar-refractivity contribution >= 4 is 29.9 Å². The third-order valence-corrected chi connectivity index (χ3v) is 2.95. The molecule has 1 unspecified atom stereocenters. The first-order valence-corrected chi connectivity index (χ1v) is 6.52. The van der Waals surface area contributed by atoms with Crippen molar-refractivity contribution in [2.24, 2.45) is 0 Å². The molecule has 1 aromatic carbocycles. The molecule has 23 heavy (non-hydrogen) atoms. The summed E-state index contributed by atoms with van der Waals surface area (Å²) >= 11 is 0. The van der Waals surface area contributed by atoms with Gasteiger partial charge in [-0.1, -0.05) is 0 Å². The number of hydrogen-bond acceptors (Lipinski definition) is 4. The Kier molecular flexibility index (Phi) is 7.27. The van der Waals surface area contributed by atoms with Gasteiger partial charge in [0.15, 0.2) is 17.5 Å². The fourth-order valence-electron chi connectivity index (χ4n) is 1.83. The summed E-state index contributed by atoms with van der Waals surface area (Å²) in [7, 11) is 0. The normalized spacial score (nSPS) is 17.1. The van der Waals surface area contributed by atoms with Gasteiger partial charge in [-0.2, -0.15) is 0 Å². The highest BCUT2D eigenvalue weighted by Gasteiger charge is 2.22. The number of hydrogen-bond donors (Lipinski definition) is 3. The quantitative estimate of drug-likeness (QED) is 0.691. The number of amides is 2. The van der Waals surface area contributed by atoms with Crippen molar-refractivity contribution in [3.05, 3.63) is 29.6 Å². The topological polar surface area (TPSA) is 79.5 Å². The molecule has 10 heteroatoms. The van der Waals surface area contributed by atoms with E-state index >= 15 is 0 Å². The predicted octanol–water partition coefficient (Wildman–Crippen LogP) is 0.569. The molecule has 2 rings (SSSR count). The van der Waals surface area contributed by atoms with Gasteiger partial charge in [0, 0.05) is 13.1 Å². The molecule has 1 aromatic rings. The molecule has 1 aliphatic heterocycles. The van der Waals surface area contributed by atoms with Crippen molar-refractivity contribution in [3.8, 4) is 0 Å². The van der Waals surface area contributed by atoms with Gasteiger partial charge < -0.3 is 20.7 Å². The second kappa shape index (κ2) is 8.70. The number of benzene rings is 1. The Morgan fingerprint density at radius 1 is 1.26 bits per heavy atom. The van der Waals surface area contributed by atoms with Crippen molar-refractivity contribution < 1.29 is 27.5 Å². The minimum atomic E-state index is -1.68. The van der Waals surface area contributed by atoms with Crippen LogP contribution in [0.1, 0.15) is 0 Å². The van der Waals surface area contributed by atoms with Gasteiger partial charge in [0.1, 0.15) is 6.10 Å². The molecular formula is C13H15ClF3N3O3. The zero-order valence-electron chi connectivity index (χ0n) is 11.8. The highest BCUT2D eigenvalue weighted by Crippen LogP contribution is 2.19. The first-order chi connectivity index (χ1) is 10.5. The van der Waals surface area contributed by atoms with Crippen molar-refractivity contribution in [1.82, 2.24) is 10.6 Å². The van der Waals surface area contributed by atoms with Gasteiger partial charge in [-0.15, -0.1) is 12.4 Å². The zero-order valence-corrected chi connectivity index (χ0v) is 12.6. The van der Waals surface area contributed by atoms with Crippen LogP contribution in [0.2, 0.25) is 0 Å². The maximum Gasteiger partial charge on any atom is 0.250 e. The van der Waals surface area contributed by atoms with Gasteiger partial charge >= 0.3 is 0 Å². The fraction of sp³-hybridized carbons (Fsp3) is 0.385. The van der Waals surface area contributed by atoms with Crippen LogP contribution in [0.4, 0.5) is 18.9 Å². The van der Waals surface area contributed by atoms with E-state index in [1.807, 2.05) is 5.32 Å². The molecule has 128 valence electrons. The lowest BCUT2D eigenvalue weighted by atomic mass is 10.2. The average molecular weight is 354 g/mol. The van der Waals surface area contributed by atoms with Gasteiger partial charge in [-0.05, 0) is 12.1 Å². The number of carbonyl (C=O) groups is 2. The van der Waals surface area contributed by atoms with E-state index in [0.29, 0.717) is 25.8 Å². The lowest BCUT2D eigenvalue weighted by Crippen LogP contribution is -2.49. The number of carbonyl (C=O) groups excluding carboxylic acids is 2. The lowest BCUT2D eigenvalue weighted by Gasteiger charge is -2.22. The Labute approximate surface area is 136 Å². The first-order valence-electron chi connectivity index (χ1n) is 6.52. The van der Waals surface area contributed by atoms with E-state index in [9.17, 15) is 22.8 Å². The molecule has 0 radical (unpaired) electrons. The number of rotatable bonds is 4. The summed E-state index contributed by atoms with van der Waals surface area (Å²) < 4.78 is 44.3. The SMILES string of the molecule is Cl.O=C(CNC(=O)C1CNCCO1)Nc1ccc(F)c(F)c1F. The molecule has 1 fully saturated rings. The van der Waals surface area contributed by atoms with Gasteiger partial charge in [-0.25, -0.2) is 13.2 Å². The second-order valence-corrected chi connectivity index (χ2v) is 4.55. The van der Waals surface area contributed by atoms with Crippen molar-refractivity contribution in [2.45, 2.75) is 6.10 Å². The van der Waals surface area contributed by atoms with Crippen molar-refractivity contribution in [2.75, 3.05) is 31.6 Å². The van der Waals surface area contributed by atoms with E-state index in [1.165, 1.54) is 0 Å². The molecular weight excluding hydrogens is 339 g/mol. The van der Waals surface area contributed by atoms with Crippen LogP contribution >= 0.6 is 12.4 Å². The van der Waals surface area contributed by atoms with Crippen LogP contribution < -0.4 is 16.0 Å². The highest BCUT2D eigenvalue weighted by atomic mass is 35.5. The highest BCUT2D eigenvalue weighted by molar-refractivity contribution is 5.95. The Bertz CT molecular complexity index is 583. The molecule has 1 saturated heterocycles. The Morgan fingerprint density at radius 2 is 2.00 bits per heavy atom. The number of anilines is 1. The van der Waals surface area contributed by atoms with Crippen molar-refractivity contribution in [1.29, 1.82) is 0 Å². The Morgan fingerprint density at radius 3 is 2.65 bits per heavy atom. The molecule has 0 saturated carbocycles. The predicted molar refractivity (Wildman–Crippen MR) is 77.8 cm³/mol. The van der Waals surface area contributed by atoms with E-state index < -0.39 is 47.6 Å². The van der Waals surface area contributed by atoms with E-state index in [2.05, 4.69) is 10.6 Å². The van der Waals surface area contributed by atoms with Crippen LogP contribution in [0.15, 0.2) is 12.1 Å². The minimum absolute atomic E-state index is 0. The minimum Gasteiger partial charge on any atom is -0.366 e. The molecule has 0 aromatic heterocycles. The van der Waals surface area contributed by atoms with Crippen LogP contribution in [-0.4, -0.2) is 44.2 Å². The van der Waals surface area contributed by atoms with Gasteiger partial charge in [0.25, 0.3) is 5.91 Å². The summed E-state index contributed by atoms with van der Waals surface area (Å²) in [4.78, 5) is 23.3. The summed E-state index contributed by atoms with van der Waals surface area (Å²) in [5, 5.41) is 7.31. The summed E-state index contributed by atoms with van der Waals surface area (Å²) in [6.07, 6.45) is -0.707. The van der Waals surface area contributed by atoms with E-state index in [4.69, 9.17) is 4.74 Å². The van der Waals surface area contributed by atoms with Crippen LogP contribution in [0.25, 0.3) is 0 Å². The largest absolute Gasteiger partial charge is 0.366 e. The molecule has 6 nitrogen and oxygen atoms in total. The van der Waals surface area contributed by atoms with Gasteiger partial charge in [0.05, 0.1) is 18.8 Å². The molecule has 1 atom stereocenters. The fourth-order valence-corrected chi connectivity index (χ4v) is 1.83. The number of nitrogens with one attached hydrogen (secondary N) is 3. The third-order valence-electron chi connectivity index (χ3n) is 2.95. The van der Waals surface area contributed by atoms with Crippen LogP contribution in [0, 0.1) is 17.5 Å². The summed E-state index contributed by atoms with van der Waals surface area (Å²) in [5.74, 6) is -5.80. The maximum absolute atomic E-state index is 13.4. The number of morpholine rings is 1. The molecule has 0 bridgehead atoms. The van der Waals surface area contributed by atoms with E-state index in [-0.39, 0.29) is 12.4 Å². The first kappa shape index (κ1) is 19.2. The standard InChI is InChI=1S/C13H14F3N3O3.ClH/c14-7-1-2-8(12(16)11(7)15)19-10(20)6-18-13(21)9-5-17-3-4-22-9;/h1-2,9,17H,3-6H2,(H,18,21)(H,19,20);1H. The van der Waals surface area contributed by atoms with Crippen LogP contribution in [0.5, 0.6) is 0 Å².